The standard InChI is InChI=1S/3C5H10O4.3C2H4O2.2Bi/c3*1-8-2-3-9-4-5(6)7;3*1-2(3)4;;/h3*2-4H2,1H3,(H,6,7);3*1H3,(H,3,4);;/q;;;;;;2*+3/p-6. The van der Waals surface area contributed by atoms with E-state index in [1.54, 1.807) is 0 Å². The van der Waals surface area contributed by atoms with Crippen LogP contribution < -0.4 is 30.6 Å². The number of carbonyl (C=O) groups is 6. The van der Waals surface area contributed by atoms with Gasteiger partial charge in [-0.3, -0.25) is 0 Å². The zero-order chi connectivity index (χ0) is 32.1. The van der Waals surface area contributed by atoms with Gasteiger partial charge in [-0.15, -0.1) is 0 Å². The van der Waals surface area contributed by atoms with Crippen molar-refractivity contribution in [3.05, 3.63) is 0 Å². The number of carboxylic acids is 6. The summed E-state index contributed by atoms with van der Waals surface area (Å²) in [5, 5.41) is 55.7. The molecule has 41 heavy (non-hydrogen) atoms. The van der Waals surface area contributed by atoms with E-state index in [4.69, 9.17) is 29.7 Å². The van der Waals surface area contributed by atoms with Crippen molar-refractivity contribution in [3.63, 3.8) is 0 Å². The van der Waals surface area contributed by atoms with Crippen LogP contribution in [0.3, 0.4) is 0 Å². The average Bonchev–Trinajstić information content (AvgIpc) is 2.77. The van der Waals surface area contributed by atoms with E-state index < -0.39 is 35.8 Å². The van der Waals surface area contributed by atoms with E-state index in [1.807, 2.05) is 0 Å². The molecule has 0 saturated carbocycles. The summed E-state index contributed by atoms with van der Waals surface area (Å²) in [5.74, 6) is -6.86. The fraction of sp³-hybridized carbons (Fsp3) is 0.714. The van der Waals surface area contributed by atoms with Crippen molar-refractivity contribution in [2.24, 2.45) is 0 Å². The van der Waals surface area contributed by atoms with E-state index in [2.05, 4.69) is 28.4 Å². The van der Waals surface area contributed by atoms with Crippen molar-refractivity contribution < 1.29 is 87.8 Å². The van der Waals surface area contributed by atoms with E-state index in [9.17, 15) is 29.7 Å². The van der Waals surface area contributed by atoms with Crippen LogP contribution in [0, 0.1) is 0 Å². The Kier molecular flexibility index (Phi) is 78.2. The van der Waals surface area contributed by atoms with Gasteiger partial charge in [-0.05, 0) is 20.8 Å². The van der Waals surface area contributed by atoms with Crippen molar-refractivity contribution in [1.29, 1.82) is 0 Å². The Hall–Kier alpha value is -1.65. The summed E-state index contributed by atoms with van der Waals surface area (Å²) in [6.45, 7) is 3.96. The van der Waals surface area contributed by atoms with Crippen LogP contribution in [0.5, 0.6) is 0 Å². The van der Waals surface area contributed by atoms with Crippen LogP contribution in [0.1, 0.15) is 20.8 Å². The Morgan fingerprint density at radius 3 is 0.659 bits per heavy atom. The molecular formula is C21H36Bi2O18. The molecule has 0 aromatic heterocycles. The summed E-state index contributed by atoms with van der Waals surface area (Å²) in [6.07, 6.45) is 0. The molecule has 0 bridgehead atoms. The largest absolute Gasteiger partial charge is 3.00 e. The summed E-state index contributed by atoms with van der Waals surface area (Å²) in [6, 6.07) is 0. The molecule has 0 spiro atoms. The normalized spacial score (nSPS) is 8.05. The number of aliphatic carboxylic acids is 6. The van der Waals surface area contributed by atoms with Gasteiger partial charge in [0, 0.05) is 39.2 Å². The topological polar surface area (TPSA) is 296 Å². The van der Waals surface area contributed by atoms with Crippen LogP contribution in [0.15, 0.2) is 0 Å². The van der Waals surface area contributed by atoms with Gasteiger partial charge in [0.15, 0.2) is 0 Å². The quantitative estimate of drug-likeness (QED) is 0.109. The maximum Gasteiger partial charge on any atom is 3.00 e. The molecule has 0 N–H and O–H groups in total. The van der Waals surface area contributed by atoms with E-state index in [0.717, 1.165) is 20.8 Å². The van der Waals surface area contributed by atoms with Gasteiger partial charge in [-0.1, -0.05) is 0 Å². The van der Waals surface area contributed by atoms with Crippen LogP contribution in [-0.2, 0) is 57.2 Å². The predicted molar refractivity (Wildman–Crippen MR) is 127 cm³/mol. The molecule has 0 fully saturated rings. The summed E-state index contributed by atoms with van der Waals surface area (Å²) in [4.78, 5) is 55.7. The number of carboxylic acid groups (broad SMARTS) is 6. The molecule has 0 atom stereocenters. The van der Waals surface area contributed by atoms with Crippen LogP contribution in [0.4, 0.5) is 0 Å². The monoisotopic (exact) mass is 994 g/mol. The Labute approximate surface area is 276 Å². The molecule has 20 heteroatoms. The number of methoxy groups -OCH3 is 3. The van der Waals surface area contributed by atoms with Gasteiger partial charge in [0.05, 0.1) is 77.4 Å². The second kappa shape index (κ2) is 54.4. The molecule has 0 saturated heterocycles. The first-order valence-electron chi connectivity index (χ1n) is 10.3. The Balaban J connectivity index is -0.0000000546. The maximum absolute atomic E-state index is 9.69. The van der Waals surface area contributed by atoms with E-state index in [1.165, 1.54) is 21.3 Å². The summed E-state index contributed by atoms with van der Waals surface area (Å²) in [5.41, 5.74) is 0. The third-order valence-corrected chi connectivity index (χ3v) is 1.96. The summed E-state index contributed by atoms with van der Waals surface area (Å²) >= 11 is 0. The predicted octanol–water partition coefficient (Wildman–Crippen LogP) is -9.30. The Morgan fingerprint density at radius 2 is 0.561 bits per heavy atom. The fourth-order valence-corrected chi connectivity index (χ4v) is 0.893. The third kappa shape index (κ3) is 190. The molecule has 0 heterocycles. The molecule has 0 aromatic carbocycles. The van der Waals surface area contributed by atoms with Crippen LogP contribution >= 0.6 is 0 Å². The number of rotatable bonds is 15. The van der Waals surface area contributed by atoms with Crippen molar-refractivity contribution in [2.75, 3.05) is 80.8 Å². The minimum atomic E-state index is -1.20. The van der Waals surface area contributed by atoms with Gasteiger partial charge >= 0.3 is 52.4 Å². The Bertz CT molecular complexity index is 512. The van der Waals surface area contributed by atoms with Gasteiger partial charge in [0.25, 0.3) is 0 Å². The smallest absolute Gasteiger partial charge is 0.550 e. The van der Waals surface area contributed by atoms with Crippen LogP contribution in [0.25, 0.3) is 0 Å². The van der Waals surface area contributed by atoms with E-state index in [-0.39, 0.29) is 72.2 Å². The summed E-state index contributed by atoms with van der Waals surface area (Å²) in [7, 11) is 4.55. The molecule has 0 aliphatic rings. The molecule has 0 unspecified atom stereocenters. The molecule has 0 amide bonds. The van der Waals surface area contributed by atoms with Crippen molar-refractivity contribution >= 4 is 88.2 Å². The second-order valence-electron chi connectivity index (χ2n) is 5.73. The first-order valence-corrected chi connectivity index (χ1v) is 10.3. The second-order valence-corrected chi connectivity index (χ2v) is 5.73. The molecule has 0 aliphatic heterocycles. The van der Waals surface area contributed by atoms with E-state index in [0.29, 0.717) is 39.6 Å². The van der Waals surface area contributed by atoms with Crippen LogP contribution in [0.2, 0.25) is 0 Å². The summed E-state index contributed by atoms with van der Waals surface area (Å²) < 4.78 is 27.4. The van der Waals surface area contributed by atoms with Crippen molar-refractivity contribution in [3.8, 4) is 0 Å². The number of carbonyl (C=O) groups excluding carboxylic acids is 6. The minimum Gasteiger partial charge on any atom is -0.550 e. The fourth-order valence-electron chi connectivity index (χ4n) is 0.893. The first kappa shape index (κ1) is 58.9. The van der Waals surface area contributed by atoms with Crippen LogP contribution in [-0.4, -0.2) is 169 Å². The van der Waals surface area contributed by atoms with Crippen molar-refractivity contribution in [2.45, 2.75) is 20.8 Å². The number of ether oxygens (including phenoxy) is 6. The molecule has 4 radical (unpaired) electrons. The molecular weight excluding hydrogens is 958 g/mol. The maximum atomic E-state index is 9.69. The molecule has 18 nitrogen and oxygen atoms in total. The van der Waals surface area contributed by atoms with Crippen molar-refractivity contribution in [1.82, 2.24) is 0 Å². The minimum absolute atomic E-state index is 0. The molecule has 0 aliphatic carbocycles. The van der Waals surface area contributed by atoms with Gasteiger partial charge in [0.1, 0.15) is 0 Å². The van der Waals surface area contributed by atoms with Gasteiger partial charge in [0.2, 0.25) is 0 Å². The molecule has 238 valence electrons. The Morgan fingerprint density at radius 1 is 0.415 bits per heavy atom. The molecule has 0 rings (SSSR count). The van der Waals surface area contributed by atoms with E-state index >= 15 is 0 Å². The zero-order valence-corrected chi connectivity index (χ0v) is 30.6. The zero-order valence-electron chi connectivity index (χ0n) is 23.6. The first-order chi connectivity index (χ1) is 18.0. The number of hydrogen-bond donors (Lipinski definition) is 0. The van der Waals surface area contributed by atoms with Gasteiger partial charge in [-0.2, -0.15) is 0 Å². The molecule has 0 aromatic rings. The van der Waals surface area contributed by atoms with Gasteiger partial charge in [-0.25, -0.2) is 0 Å². The SMILES string of the molecule is CC(=O)[O-].CC(=O)[O-].CC(=O)[O-].COCCOCC(=O)[O-].COCCOCC(=O)[O-].COCCOCC(=O)[O-].[Bi+3].[Bi+3]. The third-order valence-electron chi connectivity index (χ3n) is 1.96. The van der Waals surface area contributed by atoms with Gasteiger partial charge < -0.3 is 87.8 Å². The number of hydrogen-bond acceptors (Lipinski definition) is 18. The average molecular weight is 994 g/mol.